The highest BCUT2D eigenvalue weighted by Gasteiger charge is 2.43. The number of nitriles is 2. The molecule has 2 aromatic carbocycles. The van der Waals surface area contributed by atoms with Crippen LogP contribution in [0, 0.1) is 34.5 Å². The fourth-order valence-corrected chi connectivity index (χ4v) is 6.47. The Kier molecular flexibility index (Phi) is 9.17. The van der Waals surface area contributed by atoms with Crippen molar-refractivity contribution >= 4 is 10.9 Å². The molecule has 1 unspecified atom stereocenters. The first-order valence-corrected chi connectivity index (χ1v) is 14.5. The van der Waals surface area contributed by atoms with Gasteiger partial charge in [0.25, 0.3) is 0 Å². The number of rotatable bonds is 9. The summed E-state index contributed by atoms with van der Waals surface area (Å²) in [6, 6.07) is 11.4. The average Bonchev–Trinajstić information content (AvgIpc) is 3.04. The monoisotopic (exact) mass is 640 g/mol. The van der Waals surface area contributed by atoms with Crippen LogP contribution < -0.4 is 15.4 Å². The van der Waals surface area contributed by atoms with Crippen molar-refractivity contribution in [1.82, 2.24) is 20.5 Å². The molecule has 0 aliphatic carbocycles. The Morgan fingerprint density at radius 2 is 1.78 bits per heavy atom. The molecule has 13 heteroatoms. The van der Waals surface area contributed by atoms with Gasteiger partial charge < -0.3 is 15.4 Å². The lowest BCUT2D eigenvalue weighted by molar-refractivity contribution is -0.143. The molecule has 2 bridgehead atoms. The SMILES string of the molecule is C=C[C@H]1CN2CC[C@H]1C[C@@H]2[C@@H](NC(NCc1cc(C(F)(F)F)cc(C(F)(F)F)c1)=C(C#N)C#N)c1ccnc2ccc(OC)cc12. The van der Waals surface area contributed by atoms with Crippen LogP contribution in [0.5, 0.6) is 5.75 Å². The fraction of sp³-hybridized carbons (Fsp3) is 0.364. The Hall–Kier alpha value is -4.75. The Morgan fingerprint density at radius 3 is 2.35 bits per heavy atom. The van der Waals surface area contributed by atoms with Crippen molar-refractivity contribution in [3.8, 4) is 17.9 Å². The molecule has 4 heterocycles. The number of benzene rings is 2. The maximum atomic E-state index is 13.5. The third-order valence-electron chi connectivity index (χ3n) is 8.75. The minimum absolute atomic E-state index is 0.0520. The smallest absolute Gasteiger partial charge is 0.416 e. The van der Waals surface area contributed by atoms with Crippen molar-refractivity contribution < 1.29 is 31.1 Å². The molecule has 3 aliphatic heterocycles. The number of piperidine rings is 3. The largest absolute Gasteiger partial charge is 0.497 e. The van der Waals surface area contributed by atoms with E-state index >= 15 is 0 Å². The zero-order valence-electron chi connectivity index (χ0n) is 24.7. The minimum Gasteiger partial charge on any atom is -0.497 e. The molecule has 1 aromatic heterocycles. The highest BCUT2D eigenvalue weighted by Crippen LogP contribution is 2.43. The molecule has 7 nitrogen and oxygen atoms in total. The lowest BCUT2D eigenvalue weighted by Crippen LogP contribution is -2.57. The molecule has 3 aliphatic rings. The summed E-state index contributed by atoms with van der Waals surface area (Å²) in [6.45, 7) is 4.99. The predicted octanol–water partition coefficient (Wildman–Crippen LogP) is 6.86. The van der Waals surface area contributed by atoms with Gasteiger partial charge in [-0.15, -0.1) is 6.58 Å². The maximum Gasteiger partial charge on any atom is 0.416 e. The molecule has 46 heavy (non-hydrogen) atoms. The molecule has 240 valence electrons. The number of nitrogens with zero attached hydrogens (tertiary/aromatic N) is 4. The molecule has 0 spiro atoms. The van der Waals surface area contributed by atoms with Crippen molar-refractivity contribution in [3.63, 3.8) is 0 Å². The number of halogens is 6. The van der Waals surface area contributed by atoms with Gasteiger partial charge in [0, 0.05) is 30.7 Å². The van der Waals surface area contributed by atoms with Gasteiger partial charge in [-0.25, -0.2) is 0 Å². The first-order chi connectivity index (χ1) is 21.9. The van der Waals surface area contributed by atoms with Crippen LogP contribution >= 0.6 is 0 Å². The summed E-state index contributed by atoms with van der Waals surface area (Å²) in [7, 11) is 1.53. The molecule has 0 saturated carbocycles. The lowest BCUT2D eigenvalue weighted by Gasteiger charge is -2.52. The normalized spacial score (nSPS) is 21.5. The van der Waals surface area contributed by atoms with Crippen molar-refractivity contribution in [1.29, 1.82) is 10.5 Å². The first kappa shape index (κ1) is 32.6. The summed E-state index contributed by atoms with van der Waals surface area (Å²) < 4.78 is 86.6. The molecule has 0 radical (unpaired) electrons. The summed E-state index contributed by atoms with van der Waals surface area (Å²) in [4.78, 5) is 6.77. The highest BCUT2D eigenvalue weighted by molar-refractivity contribution is 5.84. The van der Waals surface area contributed by atoms with Gasteiger partial charge in [0.2, 0.25) is 0 Å². The molecule has 3 fully saturated rings. The van der Waals surface area contributed by atoms with Crippen LogP contribution in [0.2, 0.25) is 0 Å². The number of aromatic nitrogens is 1. The third-order valence-corrected chi connectivity index (χ3v) is 8.75. The lowest BCUT2D eigenvalue weighted by atomic mass is 9.73. The molecule has 3 saturated heterocycles. The van der Waals surface area contributed by atoms with Gasteiger partial charge in [-0.05, 0) is 84.8 Å². The fourth-order valence-electron chi connectivity index (χ4n) is 6.47. The van der Waals surface area contributed by atoms with Crippen molar-refractivity contribution in [2.24, 2.45) is 11.8 Å². The van der Waals surface area contributed by atoms with Crippen LogP contribution in [-0.4, -0.2) is 36.1 Å². The number of hydrogen-bond donors (Lipinski definition) is 2. The van der Waals surface area contributed by atoms with E-state index in [4.69, 9.17) is 4.74 Å². The summed E-state index contributed by atoms with van der Waals surface area (Å²) in [5.41, 5.74) is -2.24. The molecule has 5 atom stereocenters. The van der Waals surface area contributed by atoms with Crippen LogP contribution in [0.1, 0.15) is 41.1 Å². The quantitative estimate of drug-likeness (QED) is 0.150. The second-order valence-electron chi connectivity index (χ2n) is 11.4. The van der Waals surface area contributed by atoms with Gasteiger partial charge in [0.1, 0.15) is 23.7 Å². The number of alkyl halides is 6. The van der Waals surface area contributed by atoms with E-state index in [2.05, 4.69) is 27.1 Å². The number of allylic oxidation sites excluding steroid dienone is 1. The average molecular weight is 641 g/mol. The summed E-state index contributed by atoms with van der Waals surface area (Å²) in [5, 5.41) is 26.5. The van der Waals surface area contributed by atoms with Gasteiger partial charge in [-0.1, -0.05) is 6.08 Å². The first-order valence-electron chi connectivity index (χ1n) is 14.5. The predicted molar refractivity (Wildman–Crippen MR) is 157 cm³/mol. The van der Waals surface area contributed by atoms with E-state index in [1.165, 1.54) is 7.11 Å². The Balaban J connectivity index is 1.57. The van der Waals surface area contributed by atoms with Crippen LogP contribution in [-0.2, 0) is 18.9 Å². The van der Waals surface area contributed by atoms with Crippen LogP contribution in [0.4, 0.5) is 26.3 Å². The van der Waals surface area contributed by atoms with E-state index in [1.807, 2.05) is 18.2 Å². The van der Waals surface area contributed by atoms with E-state index < -0.39 is 41.6 Å². The zero-order chi connectivity index (χ0) is 33.2. The van der Waals surface area contributed by atoms with E-state index in [9.17, 15) is 36.9 Å². The Bertz CT molecular complexity index is 1690. The standard InChI is InChI=1S/C33H30F6N6O/c1-3-20-18-45-9-7-21(20)12-29(45)30(26-6-8-42-28-5-4-25(46-2)14-27(26)28)44-31(22(15-40)16-41)43-17-19-10-23(32(34,35)36)13-24(11-19)33(37,38)39/h3-6,8,10-11,13-14,20-21,29-30,43-44H,1,7,9,12,17-18H2,2H3/t20-,21-,29+,30-/m0/s1. The Labute approximate surface area is 261 Å². The second-order valence-corrected chi connectivity index (χ2v) is 11.4. The molecule has 6 rings (SSSR count). The molecule has 2 N–H and O–H groups in total. The highest BCUT2D eigenvalue weighted by atomic mass is 19.4. The van der Waals surface area contributed by atoms with Gasteiger partial charge in [0.15, 0.2) is 5.57 Å². The van der Waals surface area contributed by atoms with Crippen molar-refractivity contribution in [2.75, 3.05) is 20.2 Å². The second kappa shape index (κ2) is 12.9. The van der Waals surface area contributed by atoms with Gasteiger partial charge in [0.05, 0.1) is 29.8 Å². The maximum absolute atomic E-state index is 13.5. The summed E-state index contributed by atoms with van der Waals surface area (Å²) in [5.74, 6) is 1.07. The Morgan fingerprint density at radius 1 is 1.09 bits per heavy atom. The van der Waals surface area contributed by atoms with Crippen molar-refractivity contribution in [2.45, 2.75) is 43.8 Å². The van der Waals surface area contributed by atoms with Crippen LogP contribution in [0.15, 0.2) is 72.7 Å². The molecule has 3 aromatic rings. The molecule has 0 amide bonds. The zero-order valence-corrected chi connectivity index (χ0v) is 24.7. The van der Waals surface area contributed by atoms with Gasteiger partial charge >= 0.3 is 12.4 Å². The third kappa shape index (κ3) is 6.75. The molecular formula is C33H30F6N6O. The van der Waals surface area contributed by atoms with Gasteiger partial charge in [-0.2, -0.15) is 36.9 Å². The van der Waals surface area contributed by atoms with E-state index in [0.717, 1.165) is 36.9 Å². The van der Waals surface area contributed by atoms with E-state index in [-0.39, 0.29) is 29.4 Å². The topological polar surface area (TPSA) is 97.0 Å². The summed E-state index contributed by atoms with van der Waals surface area (Å²) >= 11 is 0. The van der Waals surface area contributed by atoms with E-state index in [1.54, 1.807) is 30.5 Å². The van der Waals surface area contributed by atoms with Crippen molar-refractivity contribution in [3.05, 3.63) is 95.0 Å². The van der Waals surface area contributed by atoms with Crippen LogP contribution in [0.3, 0.4) is 0 Å². The number of pyridine rings is 1. The number of hydrogen-bond acceptors (Lipinski definition) is 7. The minimum atomic E-state index is -5.02. The summed E-state index contributed by atoms with van der Waals surface area (Å²) in [6.07, 6.45) is -4.76. The number of nitrogens with one attached hydrogen (secondary N) is 2. The van der Waals surface area contributed by atoms with Gasteiger partial charge in [-0.3, -0.25) is 9.88 Å². The molecular weight excluding hydrogens is 610 g/mol. The number of fused-ring (bicyclic) bond motifs is 4. The van der Waals surface area contributed by atoms with Crippen LogP contribution in [0.25, 0.3) is 10.9 Å². The number of ether oxygens (including phenoxy) is 1. The van der Waals surface area contributed by atoms with E-state index in [0.29, 0.717) is 29.3 Å². The number of methoxy groups -OCH3 is 1.